The number of Topliss-reactive ketones (excluding diaryl/α,β-unsaturated/α-hetero) is 1. The van der Waals surface area contributed by atoms with Gasteiger partial charge in [-0.2, -0.15) is 0 Å². The number of cyclic esters (lactones) is 2. The first-order valence-corrected chi connectivity index (χ1v) is 12.2. The minimum Gasteiger partial charge on any atom is -0.504 e. The normalized spacial score (nSPS) is 49.2. The summed E-state index contributed by atoms with van der Waals surface area (Å²) in [7, 11) is 0. The fourth-order valence-electron chi connectivity index (χ4n) is 8.96. The minimum atomic E-state index is -1.27. The molecule has 2 spiro atoms. The van der Waals surface area contributed by atoms with E-state index in [0.29, 0.717) is 24.0 Å². The average molecular weight is 485 g/mol. The molecule has 4 aliphatic heterocycles. The van der Waals surface area contributed by atoms with E-state index in [1.807, 2.05) is 27.7 Å². The van der Waals surface area contributed by atoms with Gasteiger partial charge in [0.2, 0.25) is 5.78 Å². The molecular weight excluding hydrogens is 456 g/mol. The zero-order valence-corrected chi connectivity index (χ0v) is 20.1. The Kier molecular flexibility index (Phi) is 3.71. The van der Waals surface area contributed by atoms with Crippen LogP contribution in [0.15, 0.2) is 34.3 Å². The average Bonchev–Trinajstić information content (AvgIpc) is 3.26. The van der Waals surface area contributed by atoms with E-state index in [4.69, 9.17) is 23.4 Å². The number of esters is 2. The Morgan fingerprint density at radius 3 is 2.54 bits per heavy atom. The third-order valence-electron chi connectivity index (χ3n) is 10.2. The second-order valence-electron chi connectivity index (χ2n) is 11.9. The predicted molar refractivity (Wildman–Crippen MR) is 116 cm³/mol. The number of hydrogen-bond acceptors (Lipinski definition) is 9. The van der Waals surface area contributed by atoms with Crippen molar-refractivity contribution in [2.24, 2.45) is 22.2 Å². The molecule has 5 fully saturated rings. The van der Waals surface area contributed by atoms with Crippen molar-refractivity contribution < 1.29 is 42.9 Å². The Morgan fingerprint density at radius 2 is 1.83 bits per heavy atom. The summed E-state index contributed by atoms with van der Waals surface area (Å²) in [5.74, 6) is -2.07. The van der Waals surface area contributed by atoms with Gasteiger partial charge in [0.05, 0.1) is 41.5 Å². The maximum Gasteiger partial charge on any atom is 0.339 e. The lowest BCUT2D eigenvalue weighted by atomic mass is 9.39. The number of rotatable bonds is 1. The molecule has 0 amide bonds. The summed E-state index contributed by atoms with van der Waals surface area (Å²) in [5.41, 5.74) is -3.85. The van der Waals surface area contributed by atoms with E-state index in [2.05, 4.69) is 0 Å². The zero-order valence-electron chi connectivity index (χ0n) is 20.1. The molecule has 186 valence electrons. The first-order chi connectivity index (χ1) is 16.4. The molecule has 5 heterocycles. The topological polar surface area (TPSA) is 125 Å². The number of carbonyl (C=O) groups is 3. The largest absolute Gasteiger partial charge is 0.504 e. The van der Waals surface area contributed by atoms with Gasteiger partial charge >= 0.3 is 11.9 Å². The first kappa shape index (κ1) is 21.6. The molecule has 4 saturated heterocycles. The van der Waals surface area contributed by atoms with Crippen LogP contribution in [0.3, 0.4) is 0 Å². The maximum absolute atomic E-state index is 14.3. The predicted octanol–water partition coefficient (Wildman–Crippen LogP) is 2.94. The molecule has 2 aliphatic carbocycles. The number of hydrogen-bond donors (Lipinski definition) is 1. The molecule has 7 rings (SSSR count). The van der Waals surface area contributed by atoms with Crippen LogP contribution in [0.25, 0.3) is 0 Å². The summed E-state index contributed by atoms with van der Waals surface area (Å²) >= 11 is 0. The SMILES string of the molecule is CC1(C)O[C@H]2CC(=O)OC[C@@]23C1=C(O)C(=O)[C@]1(C)[C@@H]3CC[C@@]2(C)[C@@H](c3ccoc3)OC(=O)[C@H]3O[C@]321. The summed E-state index contributed by atoms with van der Waals surface area (Å²) in [6.07, 6.45) is 2.15. The van der Waals surface area contributed by atoms with E-state index >= 15 is 0 Å². The van der Waals surface area contributed by atoms with Crippen LogP contribution in [0, 0.1) is 22.2 Å². The summed E-state index contributed by atoms with van der Waals surface area (Å²) in [4.78, 5) is 39.7. The molecule has 8 atom stereocenters. The van der Waals surface area contributed by atoms with Crippen LogP contribution in [-0.2, 0) is 33.3 Å². The van der Waals surface area contributed by atoms with Gasteiger partial charge in [0.25, 0.3) is 0 Å². The van der Waals surface area contributed by atoms with E-state index in [1.54, 1.807) is 12.3 Å². The van der Waals surface area contributed by atoms with Gasteiger partial charge in [0.1, 0.15) is 18.3 Å². The molecule has 1 aromatic heterocycles. The quantitative estimate of drug-likeness (QED) is 0.473. The molecule has 0 radical (unpaired) electrons. The summed E-state index contributed by atoms with van der Waals surface area (Å²) < 4.78 is 29.4. The molecule has 0 unspecified atom stereocenters. The van der Waals surface area contributed by atoms with Gasteiger partial charge < -0.3 is 28.5 Å². The third kappa shape index (κ3) is 2.07. The standard InChI is InChI=1S/C26H28O9/c1-22(2)17-16(28)18(29)24(4)13(25(17)11-32-15(27)9-14(25)34-22)5-7-23(3)19(12-6-8-31-10-12)33-21(30)20-26(23,24)35-20/h6,8,10,13-14,19-20,28H,5,7,9,11H2,1-4H3/t13-,14-,19+,20+,23-,24-,25-,26+/m0/s1. The summed E-state index contributed by atoms with van der Waals surface area (Å²) in [6, 6.07) is 1.76. The maximum atomic E-state index is 14.3. The van der Waals surface area contributed by atoms with Crippen molar-refractivity contribution in [2.75, 3.05) is 6.61 Å². The van der Waals surface area contributed by atoms with Crippen LogP contribution in [0.2, 0.25) is 0 Å². The number of epoxide rings is 1. The van der Waals surface area contributed by atoms with Crippen LogP contribution in [-0.4, -0.2) is 52.8 Å². The van der Waals surface area contributed by atoms with Gasteiger partial charge in [-0.05, 0) is 45.6 Å². The number of ether oxygens (including phenoxy) is 4. The molecule has 9 nitrogen and oxygen atoms in total. The number of ketones is 1. The highest BCUT2D eigenvalue weighted by atomic mass is 16.7. The lowest BCUT2D eigenvalue weighted by Gasteiger charge is -2.63. The molecule has 1 aromatic rings. The van der Waals surface area contributed by atoms with Crippen molar-refractivity contribution in [3.05, 3.63) is 35.5 Å². The molecule has 0 bridgehead atoms. The third-order valence-corrected chi connectivity index (χ3v) is 10.2. The van der Waals surface area contributed by atoms with Crippen molar-refractivity contribution in [1.29, 1.82) is 0 Å². The molecule has 0 aromatic carbocycles. The summed E-state index contributed by atoms with van der Waals surface area (Å²) in [6.45, 7) is 7.44. The Morgan fingerprint density at radius 1 is 1.06 bits per heavy atom. The highest BCUT2D eigenvalue weighted by molar-refractivity contribution is 6.03. The lowest BCUT2D eigenvalue weighted by Crippen LogP contribution is -2.71. The first-order valence-electron chi connectivity index (χ1n) is 12.2. The molecule has 1 N–H and O–H groups in total. The monoisotopic (exact) mass is 484 g/mol. The van der Waals surface area contributed by atoms with E-state index in [9.17, 15) is 19.5 Å². The summed E-state index contributed by atoms with van der Waals surface area (Å²) in [5, 5.41) is 11.5. The van der Waals surface area contributed by atoms with E-state index < -0.39 is 57.5 Å². The Hall–Kier alpha value is -2.65. The van der Waals surface area contributed by atoms with Crippen molar-refractivity contribution in [2.45, 2.75) is 76.5 Å². The van der Waals surface area contributed by atoms with E-state index in [0.717, 1.165) is 0 Å². The van der Waals surface area contributed by atoms with Gasteiger partial charge in [-0.1, -0.05) is 6.92 Å². The Bertz CT molecular complexity index is 1230. The van der Waals surface area contributed by atoms with E-state index in [-0.39, 0.29) is 30.7 Å². The number of aliphatic hydroxyl groups excluding tert-OH is 1. The van der Waals surface area contributed by atoms with Crippen molar-refractivity contribution in [3.8, 4) is 0 Å². The van der Waals surface area contributed by atoms with Crippen LogP contribution in [0.4, 0.5) is 0 Å². The van der Waals surface area contributed by atoms with Gasteiger partial charge in [-0.15, -0.1) is 0 Å². The minimum absolute atomic E-state index is 0.0138. The van der Waals surface area contributed by atoms with Crippen molar-refractivity contribution >= 4 is 17.7 Å². The van der Waals surface area contributed by atoms with Crippen LogP contribution in [0.5, 0.6) is 0 Å². The second-order valence-corrected chi connectivity index (χ2v) is 11.9. The van der Waals surface area contributed by atoms with Gasteiger partial charge in [0, 0.05) is 16.6 Å². The van der Waals surface area contributed by atoms with Gasteiger partial charge in [-0.25, -0.2) is 4.79 Å². The van der Waals surface area contributed by atoms with Gasteiger partial charge in [0.15, 0.2) is 11.9 Å². The number of aliphatic hydroxyl groups is 1. The Balaban J connectivity index is 1.47. The smallest absolute Gasteiger partial charge is 0.339 e. The Labute approximate surface area is 201 Å². The fraction of sp³-hybridized carbons (Fsp3) is 0.654. The highest BCUT2D eigenvalue weighted by Crippen LogP contribution is 2.79. The van der Waals surface area contributed by atoms with Crippen LogP contribution >= 0.6 is 0 Å². The lowest BCUT2D eigenvalue weighted by molar-refractivity contribution is -0.212. The van der Waals surface area contributed by atoms with Crippen molar-refractivity contribution in [1.82, 2.24) is 0 Å². The molecule has 1 saturated carbocycles. The number of carbonyl (C=O) groups excluding carboxylic acids is 3. The molecule has 9 heteroatoms. The highest BCUT2D eigenvalue weighted by Gasteiger charge is 2.90. The molecule has 35 heavy (non-hydrogen) atoms. The number of allylic oxidation sites excluding steroid dienone is 1. The number of fused-ring (bicyclic) bond motifs is 1. The molecular formula is C26H28O9. The van der Waals surface area contributed by atoms with Crippen molar-refractivity contribution in [3.63, 3.8) is 0 Å². The molecule has 6 aliphatic rings. The second kappa shape index (κ2) is 6.00. The zero-order chi connectivity index (χ0) is 24.8. The van der Waals surface area contributed by atoms with Gasteiger partial charge in [-0.3, -0.25) is 9.59 Å². The number of furan rings is 1. The van der Waals surface area contributed by atoms with Crippen LogP contribution in [0.1, 0.15) is 58.6 Å². The van der Waals surface area contributed by atoms with Crippen LogP contribution < -0.4 is 0 Å². The fourth-order valence-corrected chi connectivity index (χ4v) is 8.96. The van der Waals surface area contributed by atoms with E-state index in [1.165, 1.54) is 6.26 Å².